The van der Waals surface area contributed by atoms with Crippen molar-refractivity contribution in [3.05, 3.63) is 35.8 Å². The normalized spacial score (nSPS) is 12.8. The van der Waals surface area contributed by atoms with Gasteiger partial charge >= 0.3 is 6.18 Å². The minimum absolute atomic E-state index is 0.0173. The first-order valence-electron chi connectivity index (χ1n) is 7.04. The molecule has 6 nitrogen and oxygen atoms in total. The summed E-state index contributed by atoms with van der Waals surface area (Å²) in [5.41, 5.74) is -0.757. The third-order valence-electron chi connectivity index (χ3n) is 3.13. The Labute approximate surface area is 137 Å². The summed E-state index contributed by atoms with van der Waals surface area (Å²) in [7, 11) is -3.44. The van der Waals surface area contributed by atoms with E-state index in [4.69, 9.17) is 0 Å². The lowest BCUT2D eigenvalue weighted by atomic mass is 10.3. The van der Waals surface area contributed by atoms with Crippen LogP contribution in [-0.4, -0.2) is 35.5 Å². The molecule has 0 atom stereocenters. The minimum Gasteiger partial charge on any atom is -0.309 e. The number of nitrogens with one attached hydrogen (secondary N) is 1. The van der Waals surface area contributed by atoms with Crippen molar-refractivity contribution >= 4 is 9.84 Å². The fourth-order valence-electron chi connectivity index (χ4n) is 1.91. The van der Waals surface area contributed by atoms with Gasteiger partial charge in [0.25, 0.3) is 0 Å². The van der Waals surface area contributed by atoms with E-state index in [2.05, 4.69) is 15.4 Å². The molecule has 0 radical (unpaired) electrons. The molecule has 2 aromatic rings. The molecule has 24 heavy (non-hydrogen) atoms. The number of halogens is 3. The smallest absolute Gasteiger partial charge is 0.309 e. The second kappa shape index (κ2) is 6.52. The van der Waals surface area contributed by atoms with Crippen LogP contribution in [0.25, 0.3) is 5.82 Å². The second-order valence-corrected chi connectivity index (χ2v) is 7.61. The number of hydrogen-bond donors (Lipinski definition) is 1. The molecule has 0 aliphatic carbocycles. The number of sulfone groups is 1. The van der Waals surface area contributed by atoms with Crippen LogP contribution in [0.5, 0.6) is 0 Å². The van der Waals surface area contributed by atoms with Gasteiger partial charge in [0, 0.05) is 25.0 Å². The lowest BCUT2D eigenvalue weighted by molar-refractivity contribution is -0.141. The SMILES string of the molecule is CC(C)NCc1cc(C(F)(F)F)nn1-c1ccc(S(C)(=O)=O)cn1. The molecule has 2 heterocycles. The number of hydrogen-bond acceptors (Lipinski definition) is 5. The van der Waals surface area contributed by atoms with Crippen molar-refractivity contribution in [3.8, 4) is 5.82 Å². The van der Waals surface area contributed by atoms with Crippen LogP contribution in [0.15, 0.2) is 29.3 Å². The minimum atomic E-state index is -4.58. The van der Waals surface area contributed by atoms with Crippen LogP contribution < -0.4 is 5.32 Å². The van der Waals surface area contributed by atoms with Crippen LogP contribution in [0, 0.1) is 0 Å². The van der Waals surface area contributed by atoms with Crippen molar-refractivity contribution < 1.29 is 21.6 Å². The van der Waals surface area contributed by atoms with E-state index in [0.29, 0.717) is 0 Å². The summed E-state index contributed by atoms with van der Waals surface area (Å²) in [4.78, 5) is 3.91. The quantitative estimate of drug-likeness (QED) is 0.882. The van der Waals surface area contributed by atoms with Crippen molar-refractivity contribution in [1.82, 2.24) is 20.1 Å². The Bertz CT molecular complexity index is 812. The predicted octanol–water partition coefficient (Wildman–Crippen LogP) is 2.19. The second-order valence-electron chi connectivity index (χ2n) is 5.59. The number of aromatic nitrogens is 3. The molecule has 0 fully saturated rings. The Morgan fingerprint density at radius 1 is 1.29 bits per heavy atom. The molecular weight excluding hydrogens is 345 g/mol. The van der Waals surface area contributed by atoms with Gasteiger partial charge in [0.05, 0.1) is 10.6 Å². The molecule has 0 aliphatic rings. The van der Waals surface area contributed by atoms with Gasteiger partial charge in [-0.25, -0.2) is 18.1 Å². The average molecular weight is 362 g/mol. The maximum atomic E-state index is 12.9. The summed E-state index contributed by atoms with van der Waals surface area (Å²) in [6.07, 6.45) is -2.46. The first-order valence-corrected chi connectivity index (χ1v) is 8.93. The third-order valence-corrected chi connectivity index (χ3v) is 4.23. The molecular formula is C14H17F3N4O2S. The summed E-state index contributed by atoms with van der Waals surface area (Å²) in [6.45, 7) is 3.89. The Hall–Kier alpha value is -1.94. The molecule has 0 amide bonds. The molecule has 132 valence electrons. The lowest BCUT2D eigenvalue weighted by Gasteiger charge is -2.10. The van der Waals surface area contributed by atoms with Crippen molar-refractivity contribution in [2.75, 3.05) is 6.26 Å². The molecule has 1 N–H and O–H groups in total. The summed E-state index contributed by atoms with van der Waals surface area (Å²) in [5, 5.41) is 6.58. The average Bonchev–Trinajstić information content (AvgIpc) is 2.88. The van der Waals surface area contributed by atoms with E-state index in [0.717, 1.165) is 23.2 Å². The van der Waals surface area contributed by atoms with E-state index in [9.17, 15) is 21.6 Å². The third kappa shape index (κ3) is 4.32. The van der Waals surface area contributed by atoms with Gasteiger partial charge in [0.2, 0.25) is 0 Å². The van der Waals surface area contributed by atoms with Gasteiger partial charge in [-0.3, -0.25) is 0 Å². The standard InChI is InChI=1S/C14H17F3N4O2S/c1-9(2)18-7-10-6-12(14(15,16)17)20-21(10)13-5-4-11(8-19-13)24(3,22)23/h4-6,8-9,18H,7H2,1-3H3. The largest absolute Gasteiger partial charge is 0.435 e. The van der Waals surface area contributed by atoms with Crippen molar-refractivity contribution in [2.45, 2.75) is 37.5 Å². The van der Waals surface area contributed by atoms with Gasteiger partial charge in [-0.2, -0.15) is 18.3 Å². The van der Waals surface area contributed by atoms with E-state index >= 15 is 0 Å². The van der Waals surface area contributed by atoms with Gasteiger partial charge < -0.3 is 5.32 Å². The first-order chi connectivity index (χ1) is 11.0. The van der Waals surface area contributed by atoms with Gasteiger partial charge in [-0.15, -0.1) is 0 Å². The molecule has 0 unspecified atom stereocenters. The predicted molar refractivity (Wildman–Crippen MR) is 81.4 cm³/mol. The molecule has 0 aliphatic heterocycles. The first kappa shape index (κ1) is 18.4. The topological polar surface area (TPSA) is 76.9 Å². The zero-order chi connectivity index (χ0) is 18.1. The van der Waals surface area contributed by atoms with Crippen LogP contribution in [0.3, 0.4) is 0 Å². The molecule has 0 aromatic carbocycles. The zero-order valence-corrected chi connectivity index (χ0v) is 14.1. The summed E-state index contributed by atoms with van der Waals surface area (Å²) < 4.78 is 62.7. The fraction of sp³-hybridized carbons (Fsp3) is 0.429. The van der Waals surface area contributed by atoms with E-state index in [1.807, 2.05) is 13.8 Å². The van der Waals surface area contributed by atoms with E-state index < -0.39 is 21.7 Å². The number of pyridine rings is 1. The highest BCUT2D eigenvalue weighted by Crippen LogP contribution is 2.29. The summed E-state index contributed by atoms with van der Waals surface area (Å²) in [6, 6.07) is 3.62. The van der Waals surface area contributed by atoms with Gasteiger partial charge in [0.15, 0.2) is 21.3 Å². The highest BCUT2D eigenvalue weighted by molar-refractivity contribution is 7.90. The molecule has 0 saturated heterocycles. The Balaban J connectivity index is 2.45. The molecule has 2 aromatic heterocycles. The fourth-order valence-corrected chi connectivity index (χ4v) is 2.47. The Morgan fingerprint density at radius 2 is 1.96 bits per heavy atom. The van der Waals surface area contributed by atoms with Crippen LogP contribution in [-0.2, 0) is 22.6 Å². The van der Waals surface area contributed by atoms with Gasteiger partial charge in [-0.05, 0) is 18.2 Å². The van der Waals surface area contributed by atoms with Crippen LogP contribution in [0.1, 0.15) is 25.2 Å². The number of nitrogens with zero attached hydrogens (tertiary/aromatic N) is 3. The van der Waals surface area contributed by atoms with Crippen LogP contribution in [0.2, 0.25) is 0 Å². The Kier molecular flexibility index (Phi) is 5.00. The monoisotopic (exact) mass is 362 g/mol. The molecule has 2 rings (SSSR count). The summed E-state index contributed by atoms with van der Waals surface area (Å²) >= 11 is 0. The molecule has 0 saturated carbocycles. The lowest BCUT2D eigenvalue weighted by Crippen LogP contribution is -2.23. The van der Waals surface area contributed by atoms with Crippen LogP contribution >= 0.6 is 0 Å². The summed E-state index contributed by atoms with van der Waals surface area (Å²) in [5.74, 6) is 0.110. The van der Waals surface area contributed by atoms with Gasteiger partial charge in [-0.1, -0.05) is 13.8 Å². The highest BCUT2D eigenvalue weighted by atomic mass is 32.2. The molecule has 0 bridgehead atoms. The van der Waals surface area contributed by atoms with Crippen molar-refractivity contribution in [2.24, 2.45) is 0 Å². The van der Waals surface area contributed by atoms with Gasteiger partial charge in [0.1, 0.15) is 0 Å². The van der Waals surface area contributed by atoms with Crippen molar-refractivity contribution in [1.29, 1.82) is 0 Å². The maximum Gasteiger partial charge on any atom is 0.435 e. The van der Waals surface area contributed by atoms with E-state index in [-0.39, 0.29) is 29.0 Å². The number of rotatable bonds is 5. The highest BCUT2D eigenvalue weighted by Gasteiger charge is 2.35. The van der Waals surface area contributed by atoms with E-state index in [1.165, 1.54) is 12.1 Å². The molecule has 0 spiro atoms. The molecule has 10 heteroatoms. The Morgan fingerprint density at radius 3 is 2.42 bits per heavy atom. The zero-order valence-electron chi connectivity index (χ0n) is 13.3. The van der Waals surface area contributed by atoms with Crippen molar-refractivity contribution in [3.63, 3.8) is 0 Å². The maximum absolute atomic E-state index is 12.9. The van der Waals surface area contributed by atoms with Crippen LogP contribution in [0.4, 0.5) is 13.2 Å². The number of alkyl halides is 3. The van der Waals surface area contributed by atoms with E-state index in [1.54, 1.807) is 0 Å².